The standard InChI is InChI=1S/C16H18N2O3/c1-18-14(7-9-17-18)8-11-21-16-6-5-15(20-2)12-13(16)4-3-10-19/h5-7,9,12,19H,8,10-11H2,1-2H3. The SMILES string of the molecule is COc1ccc(OCCc2ccnn2C)c(C#CCO)c1. The summed E-state index contributed by atoms with van der Waals surface area (Å²) in [5.74, 6) is 6.88. The van der Waals surface area contributed by atoms with Crippen molar-refractivity contribution in [3.05, 3.63) is 41.7 Å². The van der Waals surface area contributed by atoms with Gasteiger partial charge in [0.1, 0.15) is 18.1 Å². The molecule has 0 aliphatic rings. The van der Waals surface area contributed by atoms with E-state index < -0.39 is 0 Å². The van der Waals surface area contributed by atoms with Crippen LogP contribution in [-0.4, -0.2) is 35.2 Å². The van der Waals surface area contributed by atoms with Crippen LogP contribution in [0.15, 0.2) is 30.5 Å². The van der Waals surface area contributed by atoms with Crippen molar-refractivity contribution in [1.82, 2.24) is 9.78 Å². The van der Waals surface area contributed by atoms with Crippen molar-refractivity contribution in [1.29, 1.82) is 0 Å². The second-order valence-electron chi connectivity index (χ2n) is 4.37. The summed E-state index contributed by atoms with van der Waals surface area (Å²) in [5, 5.41) is 12.9. The van der Waals surface area contributed by atoms with E-state index in [1.165, 1.54) is 0 Å². The number of hydrogen-bond donors (Lipinski definition) is 1. The lowest BCUT2D eigenvalue weighted by Gasteiger charge is -2.10. The van der Waals surface area contributed by atoms with Crippen molar-refractivity contribution in [3.8, 4) is 23.3 Å². The molecule has 0 spiro atoms. The van der Waals surface area contributed by atoms with Crippen molar-refractivity contribution in [3.63, 3.8) is 0 Å². The number of nitrogens with zero attached hydrogens (tertiary/aromatic N) is 2. The van der Waals surface area contributed by atoms with Crippen LogP contribution in [0.1, 0.15) is 11.3 Å². The maximum Gasteiger partial charge on any atom is 0.135 e. The third-order valence-electron chi connectivity index (χ3n) is 3.03. The number of rotatable bonds is 5. The van der Waals surface area contributed by atoms with E-state index in [1.54, 1.807) is 19.4 Å². The molecule has 21 heavy (non-hydrogen) atoms. The number of hydrogen-bond acceptors (Lipinski definition) is 4. The molecule has 0 aliphatic carbocycles. The molecule has 1 N–H and O–H groups in total. The summed E-state index contributed by atoms with van der Waals surface area (Å²) >= 11 is 0. The zero-order valence-corrected chi connectivity index (χ0v) is 12.2. The van der Waals surface area contributed by atoms with Crippen LogP contribution < -0.4 is 9.47 Å². The molecule has 0 fully saturated rings. The van der Waals surface area contributed by atoms with Gasteiger partial charge in [0, 0.05) is 25.4 Å². The highest BCUT2D eigenvalue weighted by molar-refractivity contribution is 5.50. The smallest absolute Gasteiger partial charge is 0.135 e. The maximum atomic E-state index is 8.82. The molecule has 2 aromatic rings. The zero-order chi connectivity index (χ0) is 15.1. The molecule has 1 aromatic heterocycles. The Hall–Kier alpha value is -2.45. The van der Waals surface area contributed by atoms with Gasteiger partial charge >= 0.3 is 0 Å². The number of aliphatic hydroxyl groups is 1. The molecular weight excluding hydrogens is 268 g/mol. The number of methoxy groups -OCH3 is 1. The first kappa shape index (κ1) is 14.9. The Labute approximate surface area is 124 Å². The Balaban J connectivity index is 2.06. The minimum Gasteiger partial charge on any atom is -0.497 e. The molecule has 5 nitrogen and oxygen atoms in total. The Morgan fingerprint density at radius 1 is 1.33 bits per heavy atom. The molecule has 0 saturated carbocycles. The first-order valence-corrected chi connectivity index (χ1v) is 6.62. The van der Waals surface area contributed by atoms with Crippen LogP contribution in [0.25, 0.3) is 0 Å². The fourth-order valence-corrected chi connectivity index (χ4v) is 1.91. The van der Waals surface area contributed by atoms with Crippen LogP contribution >= 0.6 is 0 Å². The van der Waals surface area contributed by atoms with Crippen molar-refractivity contribution in [2.24, 2.45) is 7.05 Å². The number of ether oxygens (including phenoxy) is 2. The van der Waals surface area contributed by atoms with Gasteiger partial charge < -0.3 is 14.6 Å². The van der Waals surface area contributed by atoms with Gasteiger partial charge in [0.25, 0.3) is 0 Å². The molecule has 110 valence electrons. The van der Waals surface area contributed by atoms with Crippen LogP contribution in [0.4, 0.5) is 0 Å². The first-order valence-electron chi connectivity index (χ1n) is 6.62. The molecule has 0 saturated heterocycles. The lowest BCUT2D eigenvalue weighted by Crippen LogP contribution is -2.06. The average Bonchev–Trinajstić information content (AvgIpc) is 2.91. The van der Waals surface area contributed by atoms with Crippen molar-refractivity contribution in [2.45, 2.75) is 6.42 Å². The van der Waals surface area contributed by atoms with E-state index in [1.807, 2.05) is 29.9 Å². The normalized spacial score (nSPS) is 9.86. The van der Waals surface area contributed by atoms with Crippen molar-refractivity contribution < 1.29 is 14.6 Å². The summed E-state index contributed by atoms with van der Waals surface area (Å²) in [6.45, 7) is 0.339. The summed E-state index contributed by atoms with van der Waals surface area (Å²) in [4.78, 5) is 0. The van der Waals surface area contributed by atoms with E-state index in [2.05, 4.69) is 16.9 Å². The molecule has 0 radical (unpaired) electrons. The van der Waals surface area contributed by atoms with Gasteiger partial charge in [-0.15, -0.1) is 0 Å². The largest absolute Gasteiger partial charge is 0.497 e. The van der Waals surface area contributed by atoms with Gasteiger partial charge in [-0.2, -0.15) is 5.10 Å². The molecule has 0 aliphatic heterocycles. The predicted molar refractivity (Wildman–Crippen MR) is 79.4 cm³/mol. The minimum absolute atomic E-state index is 0.189. The van der Waals surface area contributed by atoms with E-state index in [0.29, 0.717) is 23.7 Å². The molecule has 0 unspecified atom stereocenters. The molecule has 0 amide bonds. The van der Waals surface area contributed by atoms with E-state index in [9.17, 15) is 0 Å². The van der Waals surface area contributed by atoms with Gasteiger partial charge in [-0.1, -0.05) is 11.8 Å². The van der Waals surface area contributed by atoms with Gasteiger partial charge in [-0.25, -0.2) is 0 Å². The highest BCUT2D eigenvalue weighted by Gasteiger charge is 2.05. The van der Waals surface area contributed by atoms with Gasteiger partial charge in [-0.3, -0.25) is 4.68 Å². The fraction of sp³-hybridized carbons (Fsp3) is 0.312. The predicted octanol–water partition coefficient (Wildman–Crippen LogP) is 1.39. The van der Waals surface area contributed by atoms with E-state index in [4.69, 9.17) is 14.6 Å². The Morgan fingerprint density at radius 3 is 2.86 bits per heavy atom. The Kier molecular flexibility index (Phi) is 5.24. The molecule has 0 bridgehead atoms. The molecule has 1 aromatic carbocycles. The molecule has 0 atom stereocenters. The summed E-state index contributed by atoms with van der Waals surface area (Å²) < 4.78 is 12.8. The van der Waals surface area contributed by atoms with Gasteiger partial charge in [0.05, 0.1) is 19.3 Å². The van der Waals surface area contributed by atoms with E-state index in [-0.39, 0.29) is 6.61 Å². The van der Waals surface area contributed by atoms with Gasteiger partial charge in [0.15, 0.2) is 0 Å². The summed E-state index contributed by atoms with van der Waals surface area (Å²) in [5.41, 5.74) is 1.81. The maximum absolute atomic E-state index is 8.82. The number of aromatic nitrogens is 2. The number of benzene rings is 1. The Bertz CT molecular complexity index is 653. The quantitative estimate of drug-likeness (QED) is 0.844. The second kappa shape index (κ2) is 7.36. The van der Waals surface area contributed by atoms with E-state index >= 15 is 0 Å². The van der Waals surface area contributed by atoms with E-state index in [0.717, 1.165) is 12.1 Å². The van der Waals surface area contributed by atoms with Crippen LogP contribution in [-0.2, 0) is 13.5 Å². The van der Waals surface area contributed by atoms with Crippen LogP contribution in [0, 0.1) is 11.8 Å². The monoisotopic (exact) mass is 286 g/mol. The lowest BCUT2D eigenvalue weighted by atomic mass is 10.2. The second-order valence-corrected chi connectivity index (χ2v) is 4.37. The molecule has 1 heterocycles. The van der Waals surface area contributed by atoms with Crippen LogP contribution in [0.5, 0.6) is 11.5 Å². The first-order chi connectivity index (χ1) is 10.2. The van der Waals surface area contributed by atoms with Crippen molar-refractivity contribution in [2.75, 3.05) is 20.3 Å². The van der Waals surface area contributed by atoms with Crippen LogP contribution in [0.3, 0.4) is 0 Å². The summed E-state index contributed by atoms with van der Waals surface area (Å²) in [7, 11) is 3.50. The van der Waals surface area contributed by atoms with Gasteiger partial charge in [-0.05, 0) is 24.3 Å². The minimum atomic E-state index is -0.189. The topological polar surface area (TPSA) is 56.5 Å². The lowest BCUT2D eigenvalue weighted by molar-refractivity contribution is 0.316. The highest BCUT2D eigenvalue weighted by Crippen LogP contribution is 2.23. The van der Waals surface area contributed by atoms with Crippen LogP contribution in [0.2, 0.25) is 0 Å². The number of aryl methyl sites for hydroxylation is 1. The number of aliphatic hydroxyl groups excluding tert-OH is 1. The molecule has 2 rings (SSSR count). The third-order valence-corrected chi connectivity index (χ3v) is 3.03. The zero-order valence-electron chi connectivity index (χ0n) is 12.2. The summed E-state index contributed by atoms with van der Waals surface area (Å²) in [6, 6.07) is 7.40. The molecule has 5 heteroatoms. The van der Waals surface area contributed by atoms with Gasteiger partial charge in [0.2, 0.25) is 0 Å². The highest BCUT2D eigenvalue weighted by atomic mass is 16.5. The van der Waals surface area contributed by atoms with Crippen molar-refractivity contribution >= 4 is 0 Å². The average molecular weight is 286 g/mol. The Morgan fingerprint density at radius 2 is 2.19 bits per heavy atom. The fourth-order valence-electron chi connectivity index (χ4n) is 1.91. The summed E-state index contributed by atoms with van der Waals surface area (Å²) in [6.07, 6.45) is 2.52. The third kappa shape index (κ3) is 4.01. The molecular formula is C16H18N2O3.